The second kappa shape index (κ2) is 10.1. The van der Waals surface area contributed by atoms with Gasteiger partial charge in [-0.05, 0) is 66.9 Å². The van der Waals surface area contributed by atoms with E-state index in [2.05, 4.69) is 30.6 Å². The molecule has 0 aromatic heterocycles. The summed E-state index contributed by atoms with van der Waals surface area (Å²) in [5.74, 6) is 9.75. The number of nitriles is 1. The van der Waals surface area contributed by atoms with Crippen LogP contribution in [0.5, 0.6) is 0 Å². The summed E-state index contributed by atoms with van der Waals surface area (Å²) in [5.41, 5.74) is 3.06. The van der Waals surface area contributed by atoms with Gasteiger partial charge < -0.3 is 0 Å². The van der Waals surface area contributed by atoms with Crippen molar-refractivity contribution in [3.63, 3.8) is 0 Å². The third kappa shape index (κ3) is 5.57. The van der Waals surface area contributed by atoms with Crippen LogP contribution in [0.2, 0.25) is 0 Å². The van der Waals surface area contributed by atoms with Crippen molar-refractivity contribution in [1.29, 1.82) is 5.26 Å². The molecular weight excluding hydrogens is 376 g/mol. The highest BCUT2D eigenvalue weighted by Crippen LogP contribution is 2.14. The fourth-order valence-electron chi connectivity index (χ4n) is 2.78. The highest BCUT2D eigenvalue weighted by molar-refractivity contribution is 5.50. The fraction of sp³-hybridized carbons (Fsp3) is 0.148. The Bertz CT molecular complexity index is 1190. The maximum atomic E-state index is 14.4. The average Bonchev–Trinajstić information content (AvgIpc) is 2.78. The Morgan fingerprint density at radius 3 is 1.63 bits per heavy atom. The zero-order valence-corrected chi connectivity index (χ0v) is 16.6. The molecule has 0 radical (unpaired) electrons. The van der Waals surface area contributed by atoms with Gasteiger partial charge in [-0.3, -0.25) is 0 Å². The summed E-state index contributed by atoms with van der Waals surface area (Å²) in [7, 11) is 0. The standard InChI is InChI=1S/C27H19F2N/c1-2-3-4-20-5-7-21(8-6-20)13-15-24-17-27(29)25(18-26(24)28)16-14-22-9-11-23(19-30)12-10-22/h5-12,17-18H,2-4H2,1H3. The lowest BCUT2D eigenvalue weighted by atomic mass is 10.1. The minimum Gasteiger partial charge on any atom is -0.206 e. The topological polar surface area (TPSA) is 23.8 Å². The van der Waals surface area contributed by atoms with Crippen molar-refractivity contribution in [2.24, 2.45) is 0 Å². The smallest absolute Gasteiger partial charge is 0.140 e. The van der Waals surface area contributed by atoms with Crippen LogP contribution in [-0.4, -0.2) is 0 Å². The highest BCUT2D eigenvalue weighted by Gasteiger charge is 2.07. The quantitative estimate of drug-likeness (QED) is 0.501. The Labute approximate surface area is 176 Å². The first kappa shape index (κ1) is 20.9. The van der Waals surface area contributed by atoms with Gasteiger partial charge in [0.05, 0.1) is 22.8 Å². The predicted octanol–water partition coefficient (Wildman–Crippen LogP) is 5.98. The summed E-state index contributed by atoms with van der Waals surface area (Å²) in [6.45, 7) is 2.15. The molecule has 0 N–H and O–H groups in total. The molecule has 0 aliphatic heterocycles. The van der Waals surface area contributed by atoms with Crippen molar-refractivity contribution in [2.45, 2.75) is 26.2 Å². The summed E-state index contributed by atoms with van der Waals surface area (Å²) < 4.78 is 28.8. The number of hydrogen-bond donors (Lipinski definition) is 0. The molecule has 0 saturated heterocycles. The zero-order chi connectivity index (χ0) is 21.3. The van der Waals surface area contributed by atoms with Crippen LogP contribution in [0.15, 0.2) is 60.7 Å². The third-order valence-electron chi connectivity index (χ3n) is 4.53. The first-order chi connectivity index (χ1) is 14.6. The number of hydrogen-bond acceptors (Lipinski definition) is 1. The Morgan fingerprint density at radius 1 is 0.700 bits per heavy atom. The van der Waals surface area contributed by atoms with E-state index >= 15 is 0 Å². The molecule has 0 atom stereocenters. The summed E-state index contributed by atoms with van der Waals surface area (Å²) in [6.07, 6.45) is 3.30. The van der Waals surface area contributed by atoms with E-state index in [9.17, 15) is 8.78 Å². The molecule has 3 rings (SSSR count). The van der Waals surface area contributed by atoms with E-state index in [-0.39, 0.29) is 11.1 Å². The van der Waals surface area contributed by atoms with Crippen molar-refractivity contribution in [3.8, 4) is 29.8 Å². The molecule has 0 aliphatic rings. The Balaban J connectivity index is 1.78. The molecule has 3 heteroatoms. The first-order valence-electron chi connectivity index (χ1n) is 9.71. The van der Waals surface area contributed by atoms with Crippen LogP contribution in [0.4, 0.5) is 8.78 Å². The Morgan fingerprint density at radius 2 is 1.17 bits per heavy atom. The number of benzene rings is 3. The fourth-order valence-corrected chi connectivity index (χ4v) is 2.78. The van der Waals surface area contributed by atoms with Crippen LogP contribution in [-0.2, 0) is 6.42 Å². The molecule has 3 aromatic carbocycles. The molecule has 0 spiro atoms. The van der Waals surface area contributed by atoms with E-state index in [1.165, 1.54) is 5.56 Å². The Kier molecular flexibility index (Phi) is 7.00. The number of nitrogens with zero attached hydrogens (tertiary/aromatic N) is 1. The van der Waals surface area contributed by atoms with Gasteiger partial charge in [0.25, 0.3) is 0 Å². The van der Waals surface area contributed by atoms with Crippen LogP contribution in [0.3, 0.4) is 0 Å². The second-order valence-corrected chi connectivity index (χ2v) is 6.80. The number of unbranched alkanes of at least 4 members (excludes halogenated alkanes) is 1. The Hall–Kier alpha value is -3.87. The first-order valence-corrected chi connectivity index (χ1v) is 9.71. The lowest BCUT2D eigenvalue weighted by Gasteiger charge is -2.00. The van der Waals surface area contributed by atoms with E-state index in [4.69, 9.17) is 5.26 Å². The summed E-state index contributed by atoms with van der Waals surface area (Å²) in [4.78, 5) is 0. The van der Waals surface area contributed by atoms with E-state index in [0.717, 1.165) is 37.0 Å². The maximum Gasteiger partial charge on any atom is 0.140 e. The van der Waals surface area contributed by atoms with E-state index < -0.39 is 11.6 Å². The number of aryl methyl sites for hydroxylation is 1. The van der Waals surface area contributed by atoms with Gasteiger partial charge in [-0.15, -0.1) is 0 Å². The summed E-state index contributed by atoms with van der Waals surface area (Å²) in [6, 6.07) is 18.5. The normalized spacial score (nSPS) is 9.67. The van der Waals surface area contributed by atoms with Gasteiger partial charge in [-0.25, -0.2) is 8.78 Å². The number of halogens is 2. The average molecular weight is 395 g/mol. The minimum absolute atomic E-state index is 0.00789. The lowest BCUT2D eigenvalue weighted by Crippen LogP contribution is -1.92. The molecule has 0 bridgehead atoms. The maximum absolute atomic E-state index is 14.4. The van der Waals surface area contributed by atoms with E-state index in [1.54, 1.807) is 24.3 Å². The van der Waals surface area contributed by atoms with Gasteiger partial charge in [0.1, 0.15) is 11.6 Å². The largest absolute Gasteiger partial charge is 0.206 e. The van der Waals surface area contributed by atoms with Crippen molar-refractivity contribution in [1.82, 2.24) is 0 Å². The van der Waals surface area contributed by atoms with Crippen LogP contribution < -0.4 is 0 Å². The molecule has 0 heterocycles. The summed E-state index contributed by atoms with van der Waals surface area (Å²) in [5, 5.41) is 8.80. The van der Waals surface area contributed by atoms with Crippen LogP contribution in [0.25, 0.3) is 0 Å². The van der Waals surface area contributed by atoms with Crippen LogP contribution in [0.1, 0.15) is 53.1 Å². The molecule has 0 amide bonds. The second-order valence-electron chi connectivity index (χ2n) is 6.80. The molecular formula is C27H19F2N. The van der Waals surface area contributed by atoms with Gasteiger partial charge in [0.15, 0.2) is 0 Å². The molecule has 0 unspecified atom stereocenters. The van der Waals surface area contributed by atoms with Crippen molar-refractivity contribution in [3.05, 3.63) is 106 Å². The van der Waals surface area contributed by atoms with Crippen LogP contribution >= 0.6 is 0 Å². The minimum atomic E-state index is -0.628. The van der Waals surface area contributed by atoms with E-state index in [1.807, 2.05) is 30.3 Å². The van der Waals surface area contributed by atoms with Crippen LogP contribution in [0, 0.1) is 46.6 Å². The van der Waals surface area contributed by atoms with Crippen molar-refractivity contribution >= 4 is 0 Å². The van der Waals surface area contributed by atoms with Gasteiger partial charge in [0.2, 0.25) is 0 Å². The van der Waals surface area contributed by atoms with Gasteiger partial charge in [-0.1, -0.05) is 49.2 Å². The van der Waals surface area contributed by atoms with Crippen molar-refractivity contribution in [2.75, 3.05) is 0 Å². The molecule has 1 nitrogen and oxygen atoms in total. The molecule has 3 aromatic rings. The highest BCUT2D eigenvalue weighted by atomic mass is 19.1. The van der Waals surface area contributed by atoms with Gasteiger partial charge in [-0.2, -0.15) is 5.26 Å². The molecule has 0 aliphatic carbocycles. The summed E-state index contributed by atoms with van der Waals surface area (Å²) >= 11 is 0. The molecule has 0 saturated carbocycles. The lowest BCUT2D eigenvalue weighted by molar-refractivity contribution is 0.594. The third-order valence-corrected chi connectivity index (χ3v) is 4.53. The monoisotopic (exact) mass is 395 g/mol. The van der Waals surface area contributed by atoms with E-state index in [0.29, 0.717) is 11.1 Å². The SMILES string of the molecule is CCCCc1ccc(C#Cc2cc(F)c(C#Cc3ccc(C#N)cc3)cc2F)cc1. The molecule has 146 valence electrons. The zero-order valence-electron chi connectivity index (χ0n) is 16.6. The molecule has 30 heavy (non-hydrogen) atoms. The van der Waals surface area contributed by atoms with Gasteiger partial charge >= 0.3 is 0 Å². The predicted molar refractivity (Wildman–Crippen MR) is 115 cm³/mol. The number of rotatable bonds is 3. The van der Waals surface area contributed by atoms with Gasteiger partial charge in [0, 0.05) is 11.1 Å². The van der Waals surface area contributed by atoms with Crippen molar-refractivity contribution < 1.29 is 8.78 Å². The molecule has 0 fully saturated rings.